The Labute approximate surface area is 80.7 Å². The molecule has 1 fully saturated rings. The molecule has 2 heterocycles. The molecule has 1 aromatic heterocycles. The molecule has 13 heavy (non-hydrogen) atoms. The van der Waals surface area contributed by atoms with Crippen molar-refractivity contribution in [1.29, 1.82) is 0 Å². The van der Waals surface area contributed by atoms with E-state index in [1.807, 2.05) is 6.92 Å². The Bertz CT molecular complexity index is 294. The summed E-state index contributed by atoms with van der Waals surface area (Å²) >= 11 is 1.54. The SMILES string of the molecule is CC1(c2ncc(CN)s2)OCCO1. The predicted octanol–water partition coefficient (Wildman–Crippen LogP) is 0.821. The minimum Gasteiger partial charge on any atom is -0.342 e. The predicted molar refractivity (Wildman–Crippen MR) is 49.3 cm³/mol. The summed E-state index contributed by atoms with van der Waals surface area (Å²) in [6.45, 7) is 3.68. The number of hydrogen-bond donors (Lipinski definition) is 1. The summed E-state index contributed by atoms with van der Waals surface area (Å²) in [5, 5.41) is 0.852. The van der Waals surface area contributed by atoms with Gasteiger partial charge >= 0.3 is 0 Å². The van der Waals surface area contributed by atoms with Crippen molar-refractivity contribution in [2.24, 2.45) is 5.73 Å². The van der Waals surface area contributed by atoms with Crippen LogP contribution in [-0.4, -0.2) is 18.2 Å². The van der Waals surface area contributed by atoms with E-state index in [2.05, 4.69) is 4.98 Å². The molecular formula is C8H12N2O2S. The van der Waals surface area contributed by atoms with Gasteiger partial charge in [0.2, 0.25) is 5.79 Å². The molecule has 0 amide bonds. The van der Waals surface area contributed by atoms with Crippen LogP contribution >= 0.6 is 11.3 Å². The maximum absolute atomic E-state index is 5.49. The molecule has 0 saturated carbocycles. The lowest BCUT2D eigenvalue weighted by molar-refractivity contribution is -0.149. The lowest BCUT2D eigenvalue weighted by atomic mass is 10.3. The summed E-state index contributed by atoms with van der Waals surface area (Å²) in [4.78, 5) is 5.28. The van der Waals surface area contributed by atoms with Crippen LogP contribution in [-0.2, 0) is 21.8 Å². The lowest BCUT2D eigenvalue weighted by Crippen LogP contribution is -2.21. The maximum Gasteiger partial charge on any atom is 0.219 e. The first-order valence-electron chi connectivity index (χ1n) is 4.18. The van der Waals surface area contributed by atoms with Gasteiger partial charge in [0.15, 0.2) is 5.01 Å². The van der Waals surface area contributed by atoms with Crippen LogP contribution in [0.3, 0.4) is 0 Å². The Kier molecular flexibility index (Phi) is 2.33. The standard InChI is InChI=1S/C8H12N2O2S/c1-8(11-2-3-12-8)7-10-5-6(4-9)13-7/h5H,2-4,9H2,1H3. The minimum atomic E-state index is -0.641. The fraction of sp³-hybridized carbons (Fsp3) is 0.625. The van der Waals surface area contributed by atoms with Gasteiger partial charge in [-0.15, -0.1) is 11.3 Å². The van der Waals surface area contributed by atoms with Crippen molar-refractivity contribution in [3.8, 4) is 0 Å². The Morgan fingerprint density at radius 2 is 2.31 bits per heavy atom. The van der Waals surface area contributed by atoms with E-state index >= 15 is 0 Å². The second-order valence-electron chi connectivity index (χ2n) is 2.98. The highest BCUT2D eigenvalue weighted by atomic mass is 32.1. The van der Waals surface area contributed by atoms with Crippen molar-refractivity contribution in [2.75, 3.05) is 13.2 Å². The molecule has 0 bridgehead atoms. The third kappa shape index (κ3) is 1.60. The van der Waals surface area contributed by atoms with Crippen LogP contribution in [0, 0.1) is 0 Å². The highest BCUT2D eigenvalue weighted by molar-refractivity contribution is 7.11. The van der Waals surface area contributed by atoms with E-state index in [1.165, 1.54) is 0 Å². The Hall–Kier alpha value is -0.490. The molecule has 2 rings (SSSR count). The first-order valence-corrected chi connectivity index (χ1v) is 4.99. The summed E-state index contributed by atoms with van der Waals surface area (Å²) in [6.07, 6.45) is 1.77. The van der Waals surface area contributed by atoms with E-state index in [1.54, 1.807) is 17.5 Å². The normalized spacial score (nSPS) is 20.8. The molecule has 4 nitrogen and oxygen atoms in total. The van der Waals surface area contributed by atoms with Crippen molar-refractivity contribution >= 4 is 11.3 Å². The number of aromatic nitrogens is 1. The zero-order valence-corrected chi connectivity index (χ0v) is 8.26. The van der Waals surface area contributed by atoms with E-state index in [-0.39, 0.29) is 0 Å². The molecule has 0 spiro atoms. The van der Waals surface area contributed by atoms with E-state index in [0.29, 0.717) is 19.8 Å². The molecule has 2 N–H and O–H groups in total. The fourth-order valence-electron chi connectivity index (χ4n) is 1.25. The second-order valence-corrected chi connectivity index (χ2v) is 4.09. The quantitative estimate of drug-likeness (QED) is 0.768. The number of nitrogens with zero attached hydrogens (tertiary/aromatic N) is 1. The zero-order chi connectivity index (χ0) is 9.31. The Morgan fingerprint density at radius 3 is 2.85 bits per heavy atom. The van der Waals surface area contributed by atoms with Crippen molar-refractivity contribution in [3.63, 3.8) is 0 Å². The fourth-order valence-corrected chi connectivity index (χ4v) is 2.10. The van der Waals surface area contributed by atoms with Crippen LogP contribution in [0.1, 0.15) is 16.8 Å². The highest BCUT2D eigenvalue weighted by Crippen LogP contribution is 2.33. The van der Waals surface area contributed by atoms with E-state index < -0.39 is 5.79 Å². The molecular weight excluding hydrogens is 188 g/mol. The van der Waals surface area contributed by atoms with Crippen molar-refractivity contribution in [3.05, 3.63) is 16.1 Å². The third-order valence-electron chi connectivity index (χ3n) is 1.98. The average Bonchev–Trinajstić information content (AvgIpc) is 2.72. The van der Waals surface area contributed by atoms with Gasteiger partial charge < -0.3 is 15.2 Å². The van der Waals surface area contributed by atoms with E-state index in [4.69, 9.17) is 15.2 Å². The van der Waals surface area contributed by atoms with Gasteiger partial charge in [0.1, 0.15) is 0 Å². The summed E-state index contributed by atoms with van der Waals surface area (Å²) in [7, 11) is 0. The van der Waals surface area contributed by atoms with Gasteiger partial charge in [0.05, 0.1) is 13.2 Å². The highest BCUT2D eigenvalue weighted by Gasteiger charge is 2.36. The molecule has 72 valence electrons. The van der Waals surface area contributed by atoms with Gasteiger partial charge in [-0.25, -0.2) is 4.98 Å². The molecule has 5 heteroatoms. The summed E-state index contributed by atoms with van der Waals surface area (Å²) in [6, 6.07) is 0. The zero-order valence-electron chi connectivity index (χ0n) is 7.45. The van der Waals surface area contributed by atoms with E-state index in [9.17, 15) is 0 Å². The van der Waals surface area contributed by atoms with Crippen molar-refractivity contribution in [2.45, 2.75) is 19.3 Å². The van der Waals surface area contributed by atoms with Crippen LogP contribution in [0.2, 0.25) is 0 Å². The first kappa shape index (κ1) is 9.08. The van der Waals surface area contributed by atoms with Crippen LogP contribution < -0.4 is 5.73 Å². The van der Waals surface area contributed by atoms with Gasteiger partial charge in [-0.05, 0) is 6.92 Å². The van der Waals surface area contributed by atoms with Gasteiger partial charge in [0, 0.05) is 17.6 Å². The van der Waals surface area contributed by atoms with Crippen molar-refractivity contribution in [1.82, 2.24) is 4.98 Å². The maximum atomic E-state index is 5.49. The molecule has 1 aliphatic heterocycles. The lowest BCUT2D eigenvalue weighted by Gasteiger charge is -2.18. The van der Waals surface area contributed by atoms with Crippen LogP contribution in [0.25, 0.3) is 0 Å². The molecule has 0 unspecified atom stereocenters. The number of hydrogen-bond acceptors (Lipinski definition) is 5. The number of rotatable bonds is 2. The smallest absolute Gasteiger partial charge is 0.219 e. The van der Waals surface area contributed by atoms with Gasteiger partial charge in [0.25, 0.3) is 0 Å². The number of nitrogens with two attached hydrogens (primary N) is 1. The van der Waals surface area contributed by atoms with Crippen LogP contribution in [0.15, 0.2) is 6.20 Å². The molecule has 0 aromatic carbocycles. The monoisotopic (exact) mass is 200 g/mol. The van der Waals surface area contributed by atoms with Gasteiger partial charge in [-0.3, -0.25) is 0 Å². The van der Waals surface area contributed by atoms with Gasteiger partial charge in [-0.2, -0.15) is 0 Å². The largest absolute Gasteiger partial charge is 0.342 e. The minimum absolute atomic E-state index is 0.522. The number of thiazole rings is 1. The average molecular weight is 200 g/mol. The topological polar surface area (TPSA) is 57.4 Å². The van der Waals surface area contributed by atoms with Gasteiger partial charge in [-0.1, -0.05) is 0 Å². The number of ether oxygens (including phenoxy) is 2. The molecule has 0 atom stereocenters. The molecule has 1 aromatic rings. The summed E-state index contributed by atoms with van der Waals surface area (Å²) < 4.78 is 10.9. The van der Waals surface area contributed by atoms with Crippen LogP contribution in [0.5, 0.6) is 0 Å². The molecule has 1 saturated heterocycles. The Morgan fingerprint density at radius 1 is 1.62 bits per heavy atom. The van der Waals surface area contributed by atoms with Crippen LogP contribution in [0.4, 0.5) is 0 Å². The molecule has 0 radical (unpaired) electrons. The second kappa shape index (κ2) is 3.34. The third-order valence-corrected chi connectivity index (χ3v) is 3.19. The Balaban J connectivity index is 2.23. The molecule has 0 aliphatic carbocycles. The first-order chi connectivity index (χ1) is 6.24. The summed E-state index contributed by atoms with van der Waals surface area (Å²) in [5.74, 6) is -0.641. The molecule has 1 aliphatic rings. The van der Waals surface area contributed by atoms with Crippen molar-refractivity contribution < 1.29 is 9.47 Å². The summed E-state index contributed by atoms with van der Waals surface area (Å²) in [5.41, 5.74) is 5.49. The van der Waals surface area contributed by atoms with E-state index in [0.717, 1.165) is 9.88 Å².